The van der Waals surface area contributed by atoms with Gasteiger partial charge in [0.2, 0.25) is 10.0 Å². The molecule has 3 N–H and O–H groups in total. The zero-order valence-corrected chi connectivity index (χ0v) is 12.4. The van der Waals surface area contributed by atoms with E-state index in [4.69, 9.17) is 5.73 Å². The van der Waals surface area contributed by atoms with Crippen LogP contribution in [0.1, 0.15) is 33.3 Å². The molecule has 0 aromatic heterocycles. The highest BCUT2D eigenvalue weighted by Gasteiger charge is 2.26. The summed E-state index contributed by atoms with van der Waals surface area (Å²) < 4.78 is 27.1. The number of nitrogens with one attached hydrogen (secondary N) is 1. The van der Waals surface area contributed by atoms with Crippen molar-refractivity contribution in [1.29, 1.82) is 0 Å². The summed E-state index contributed by atoms with van der Waals surface area (Å²) >= 11 is 0. The molecule has 1 aromatic rings. The summed E-state index contributed by atoms with van der Waals surface area (Å²) in [6, 6.07) is 4.68. The highest BCUT2D eigenvalue weighted by molar-refractivity contribution is 7.89. The summed E-state index contributed by atoms with van der Waals surface area (Å²) in [4.78, 5) is 0.219. The fraction of sp³-hybridized carbons (Fsp3) is 0.538. The molecule has 0 radical (unpaired) electrons. The standard InChI is InChI=1S/C13H22N2O2S/c1-9-6-11(14)8-12(7-9)18(16,17)15-10(2)13(3,4)5/h6-8,10,15H,14H2,1-5H3. The Labute approximate surface area is 110 Å². The van der Waals surface area contributed by atoms with Crippen LogP contribution in [0.4, 0.5) is 5.69 Å². The minimum Gasteiger partial charge on any atom is -0.399 e. The van der Waals surface area contributed by atoms with Crippen molar-refractivity contribution in [2.75, 3.05) is 5.73 Å². The lowest BCUT2D eigenvalue weighted by atomic mass is 9.89. The number of benzene rings is 1. The van der Waals surface area contributed by atoms with Crippen LogP contribution in [0.3, 0.4) is 0 Å². The second kappa shape index (κ2) is 4.90. The van der Waals surface area contributed by atoms with Crippen LogP contribution in [0, 0.1) is 12.3 Å². The maximum absolute atomic E-state index is 12.2. The summed E-state index contributed by atoms with van der Waals surface area (Å²) in [6.45, 7) is 9.65. The highest BCUT2D eigenvalue weighted by atomic mass is 32.2. The zero-order valence-electron chi connectivity index (χ0n) is 11.6. The molecule has 0 spiro atoms. The second-order valence-corrected chi connectivity index (χ2v) is 7.50. The van der Waals surface area contributed by atoms with E-state index in [2.05, 4.69) is 4.72 Å². The van der Waals surface area contributed by atoms with Gasteiger partial charge in [-0.15, -0.1) is 0 Å². The third-order valence-corrected chi connectivity index (χ3v) is 4.53. The van der Waals surface area contributed by atoms with Gasteiger partial charge in [-0.05, 0) is 43.0 Å². The van der Waals surface area contributed by atoms with Gasteiger partial charge in [0.15, 0.2) is 0 Å². The Bertz CT molecular complexity index is 510. The second-order valence-electron chi connectivity index (χ2n) is 5.79. The van der Waals surface area contributed by atoms with Gasteiger partial charge in [0.1, 0.15) is 0 Å². The lowest BCUT2D eigenvalue weighted by Crippen LogP contribution is -2.41. The summed E-state index contributed by atoms with van der Waals surface area (Å²) in [7, 11) is -3.52. The Morgan fingerprint density at radius 2 is 1.78 bits per heavy atom. The van der Waals surface area contributed by atoms with Crippen molar-refractivity contribution in [2.45, 2.75) is 45.6 Å². The molecule has 0 aliphatic heterocycles. The summed E-state index contributed by atoms with van der Waals surface area (Å²) in [5.74, 6) is 0. The molecule has 18 heavy (non-hydrogen) atoms. The predicted octanol–water partition coefficient (Wildman–Crippen LogP) is 2.29. The molecule has 102 valence electrons. The number of nitrogens with two attached hydrogens (primary N) is 1. The van der Waals surface area contributed by atoms with Crippen molar-refractivity contribution in [1.82, 2.24) is 4.72 Å². The largest absolute Gasteiger partial charge is 0.399 e. The third-order valence-electron chi connectivity index (χ3n) is 3.01. The van der Waals surface area contributed by atoms with E-state index >= 15 is 0 Å². The normalized spacial score (nSPS) is 14.5. The number of rotatable bonds is 3. The van der Waals surface area contributed by atoms with Gasteiger partial charge in [-0.25, -0.2) is 13.1 Å². The molecule has 0 bridgehead atoms. The first kappa shape index (κ1) is 15.0. The average molecular weight is 270 g/mol. The van der Waals surface area contributed by atoms with Crippen molar-refractivity contribution in [2.24, 2.45) is 5.41 Å². The lowest BCUT2D eigenvalue weighted by Gasteiger charge is -2.27. The van der Waals surface area contributed by atoms with E-state index < -0.39 is 10.0 Å². The minimum atomic E-state index is -3.52. The molecule has 0 amide bonds. The predicted molar refractivity (Wildman–Crippen MR) is 74.8 cm³/mol. The fourth-order valence-electron chi connectivity index (χ4n) is 1.41. The molecule has 1 atom stereocenters. The smallest absolute Gasteiger partial charge is 0.240 e. The van der Waals surface area contributed by atoms with Gasteiger partial charge in [0, 0.05) is 11.7 Å². The first-order chi connectivity index (χ1) is 8.02. The molecule has 1 unspecified atom stereocenters. The highest BCUT2D eigenvalue weighted by Crippen LogP contribution is 2.22. The SMILES string of the molecule is Cc1cc(N)cc(S(=O)(=O)NC(C)C(C)(C)C)c1. The molecule has 0 fully saturated rings. The first-order valence-electron chi connectivity index (χ1n) is 5.92. The van der Waals surface area contributed by atoms with Crippen molar-refractivity contribution in [3.05, 3.63) is 23.8 Å². The van der Waals surface area contributed by atoms with Gasteiger partial charge in [-0.1, -0.05) is 20.8 Å². The molecule has 5 heteroatoms. The molecule has 1 aromatic carbocycles. The number of aryl methyl sites for hydroxylation is 1. The number of sulfonamides is 1. The Hall–Kier alpha value is -1.07. The zero-order chi connectivity index (χ0) is 14.1. The van der Waals surface area contributed by atoms with E-state index in [1.807, 2.05) is 34.6 Å². The van der Waals surface area contributed by atoms with Crippen molar-refractivity contribution >= 4 is 15.7 Å². The van der Waals surface area contributed by atoms with Gasteiger partial charge in [-0.2, -0.15) is 0 Å². The molecule has 0 heterocycles. The molecule has 1 rings (SSSR count). The fourth-order valence-corrected chi connectivity index (χ4v) is 3.00. The topological polar surface area (TPSA) is 72.2 Å². The van der Waals surface area contributed by atoms with E-state index in [9.17, 15) is 8.42 Å². The van der Waals surface area contributed by atoms with E-state index in [0.717, 1.165) is 5.56 Å². The van der Waals surface area contributed by atoms with Crippen LogP contribution in [0.15, 0.2) is 23.1 Å². The van der Waals surface area contributed by atoms with Crippen LogP contribution >= 0.6 is 0 Å². The lowest BCUT2D eigenvalue weighted by molar-refractivity contribution is 0.317. The van der Waals surface area contributed by atoms with Crippen molar-refractivity contribution in [3.63, 3.8) is 0 Å². The maximum atomic E-state index is 12.2. The first-order valence-corrected chi connectivity index (χ1v) is 7.40. The summed E-state index contributed by atoms with van der Waals surface area (Å²) in [5.41, 5.74) is 6.83. The maximum Gasteiger partial charge on any atom is 0.240 e. The van der Waals surface area contributed by atoms with Crippen LogP contribution in [0.25, 0.3) is 0 Å². The van der Waals surface area contributed by atoms with Gasteiger partial charge >= 0.3 is 0 Å². The molecular weight excluding hydrogens is 248 g/mol. The van der Waals surface area contributed by atoms with E-state index in [-0.39, 0.29) is 16.4 Å². The quantitative estimate of drug-likeness (QED) is 0.828. The van der Waals surface area contributed by atoms with Crippen LogP contribution < -0.4 is 10.5 Å². The van der Waals surface area contributed by atoms with Gasteiger partial charge in [0.05, 0.1) is 4.90 Å². The Balaban J connectivity index is 3.07. The van der Waals surface area contributed by atoms with Crippen LogP contribution in [-0.4, -0.2) is 14.5 Å². The summed E-state index contributed by atoms with van der Waals surface area (Å²) in [5, 5.41) is 0. The summed E-state index contributed by atoms with van der Waals surface area (Å²) in [6.07, 6.45) is 0. The third kappa shape index (κ3) is 3.71. The molecule has 4 nitrogen and oxygen atoms in total. The van der Waals surface area contributed by atoms with Crippen molar-refractivity contribution in [3.8, 4) is 0 Å². The van der Waals surface area contributed by atoms with Gasteiger partial charge in [0.25, 0.3) is 0 Å². The molecule has 0 aliphatic rings. The van der Waals surface area contributed by atoms with Crippen LogP contribution in [-0.2, 0) is 10.0 Å². The molecule has 0 saturated carbocycles. The van der Waals surface area contributed by atoms with Gasteiger partial charge in [-0.3, -0.25) is 0 Å². The number of anilines is 1. The Kier molecular flexibility index (Phi) is 4.08. The molecule has 0 saturated heterocycles. The van der Waals surface area contributed by atoms with Crippen LogP contribution in [0.2, 0.25) is 0 Å². The van der Waals surface area contributed by atoms with E-state index in [0.29, 0.717) is 5.69 Å². The number of hydrogen-bond acceptors (Lipinski definition) is 3. The Morgan fingerprint density at radius 1 is 1.22 bits per heavy atom. The van der Waals surface area contributed by atoms with E-state index in [1.54, 1.807) is 12.1 Å². The molecular formula is C13H22N2O2S. The number of nitrogen functional groups attached to an aromatic ring is 1. The average Bonchev–Trinajstić information content (AvgIpc) is 2.13. The minimum absolute atomic E-state index is 0.136. The van der Waals surface area contributed by atoms with Gasteiger partial charge < -0.3 is 5.73 Å². The van der Waals surface area contributed by atoms with Crippen LogP contribution in [0.5, 0.6) is 0 Å². The van der Waals surface area contributed by atoms with Crippen molar-refractivity contribution < 1.29 is 8.42 Å². The Morgan fingerprint density at radius 3 is 2.22 bits per heavy atom. The van der Waals surface area contributed by atoms with E-state index in [1.165, 1.54) is 6.07 Å². The monoisotopic (exact) mass is 270 g/mol. The molecule has 0 aliphatic carbocycles. The number of hydrogen-bond donors (Lipinski definition) is 2.